The molecule has 0 spiro atoms. The topological polar surface area (TPSA) is 44.2 Å². The number of hydrogen-bond donors (Lipinski definition) is 0. The molecule has 1 heterocycles. The van der Waals surface area contributed by atoms with Crippen molar-refractivity contribution in [3.8, 4) is 6.01 Å². The first-order chi connectivity index (χ1) is 10.4. The van der Waals surface area contributed by atoms with Crippen LogP contribution in [0.25, 0.3) is 0 Å². The Morgan fingerprint density at radius 2 is 2.18 bits per heavy atom. The summed E-state index contributed by atoms with van der Waals surface area (Å²) >= 11 is 0. The van der Waals surface area contributed by atoms with E-state index in [-0.39, 0.29) is 18.7 Å². The molecule has 0 aliphatic carbocycles. The van der Waals surface area contributed by atoms with E-state index in [9.17, 15) is 13.2 Å². The fourth-order valence-electron chi connectivity index (χ4n) is 1.63. The van der Waals surface area contributed by atoms with E-state index in [2.05, 4.69) is 16.5 Å². The van der Waals surface area contributed by atoms with Gasteiger partial charge in [-0.15, -0.1) is 6.58 Å². The summed E-state index contributed by atoms with van der Waals surface area (Å²) in [5.41, 5.74) is -0.145. The molecule has 1 aromatic heterocycles. The molecule has 0 saturated carbocycles. The predicted octanol–water partition coefficient (Wildman–Crippen LogP) is 3.80. The molecule has 1 atom stereocenters. The van der Waals surface area contributed by atoms with Crippen molar-refractivity contribution in [2.24, 2.45) is 0 Å². The van der Waals surface area contributed by atoms with Crippen molar-refractivity contribution in [1.29, 1.82) is 0 Å². The van der Waals surface area contributed by atoms with Crippen molar-refractivity contribution in [1.82, 2.24) is 9.97 Å². The average molecular weight is 316 g/mol. The van der Waals surface area contributed by atoms with Gasteiger partial charge in [0.1, 0.15) is 6.61 Å². The molecular formula is C15H19F3N2O2. The fourth-order valence-corrected chi connectivity index (χ4v) is 1.63. The van der Waals surface area contributed by atoms with Crippen molar-refractivity contribution in [3.63, 3.8) is 0 Å². The second-order valence-corrected chi connectivity index (χ2v) is 4.65. The number of hydrogen-bond acceptors (Lipinski definition) is 4. The molecule has 7 heteroatoms. The molecule has 0 amide bonds. The van der Waals surface area contributed by atoms with E-state index < -0.39 is 11.9 Å². The molecule has 122 valence electrons. The van der Waals surface area contributed by atoms with Gasteiger partial charge < -0.3 is 9.47 Å². The molecule has 0 N–H and O–H groups in total. The third-order valence-corrected chi connectivity index (χ3v) is 2.86. The van der Waals surface area contributed by atoms with Gasteiger partial charge in [0, 0.05) is 13.3 Å². The highest BCUT2D eigenvalue weighted by molar-refractivity contribution is 5.09. The van der Waals surface area contributed by atoms with E-state index >= 15 is 0 Å². The predicted molar refractivity (Wildman–Crippen MR) is 76.5 cm³/mol. The molecule has 1 aromatic rings. The number of ether oxygens (including phenoxy) is 2. The second kappa shape index (κ2) is 8.53. The third-order valence-electron chi connectivity index (χ3n) is 2.86. The second-order valence-electron chi connectivity index (χ2n) is 4.65. The number of methoxy groups -OCH3 is 1. The van der Waals surface area contributed by atoms with Crippen LogP contribution in [0.1, 0.15) is 25.5 Å². The molecule has 4 nitrogen and oxygen atoms in total. The van der Waals surface area contributed by atoms with E-state index in [1.807, 2.05) is 13.0 Å². The zero-order chi connectivity index (χ0) is 16.6. The zero-order valence-electron chi connectivity index (χ0n) is 12.6. The van der Waals surface area contributed by atoms with E-state index in [1.54, 1.807) is 13.2 Å². The van der Waals surface area contributed by atoms with Gasteiger partial charge in [-0.25, -0.2) is 4.98 Å². The summed E-state index contributed by atoms with van der Waals surface area (Å²) in [5, 5.41) is 0. The van der Waals surface area contributed by atoms with Crippen molar-refractivity contribution < 1.29 is 22.6 Å². The van der Waals surface area contributed by atoms with E-state index in [1.165, 1.54) is 0 Å². The highest BCUT2D eigenvalue weighted by atomic mass is 19.4. The number of halogens is 3. The summed E-state index contributed by atoms with van der Waals surface area (Å²) in [7, 11) is 1.61. The van der Waals surface area contributed by atoms with Gasteiger partial charge in [-0.3, -0.25) is 0 Å². The Hall–Kier alpha value is -1.89. The number of rotatable bonds is 8. The molecular weight excluding hydrogens is 297 g/mol. The Labute approximate surface area is 127 Å². The Morgan fingerprint density at radius 1 is 1.45 bits per heavy atom. The molecule has 22 heavy (non-hydrogen) atoms. The highest BCUT2D eigenvalue weighted by Crippen LogP contribution is 2.27. The minimum absolute atomic E-state index is 0.0169. The maximum atomic E-state index is 12.5. The minimum atomic E-state index is -4.51. The lowest BCUT2D eigenvalue weighted by Gasteiger charge is -2.09. The van der Waals surface area contributed by atoms with Crippen LogP contribution in [0.5, 0.6) is 6.01 Å². The lowest BCUT2D eigenvalue weighted by atomic mass is 10.1. The molecule has 1 rings (SSSR count). The van der Waals surface area contributed by atoms with Gasteiger partial charge in [-0.05, 0) is 31.4 Å². The maximum absolute atomic E-state index is 12.5. The molecule has 0 aliphatic rings. The van der Waals surface area contributed by atoms with Crippen LogP contribution in [-0.2, 0) is 10.9 Å². The van der Waals surface area contributed by atoms with Crippen LogP contribution in [0.4, 0.5) is 13.2 Å². The van der Waals surface area contributed by atoms with Crippen molar-refractivity contribution in [2.45, 2.75) is 32.0 Å². The molecule has 0 radical (unpaired) electrons. The zero-order valence-corrected chi connectivity index (χ0v) is 12.6. The lowest BCUT2D eigenvalue weighted by molar-refractivity contribution is -0.141. The Kier molecular flexibility index (Phi) is 7.04. The first-order valence-corrected chi connectivity index (χ1v) is 6.71. The van der Waals surface area contributed by atoms with E-state index in [0.717, 1.165) is 30.7 Å². The van der Waals surface area contributed by atoms with Crippen LogP contribution < -0.4 is 4.74 Å². The van der Waals surface area contributed by atoms with Crippen LogP contribution >= 0.6 is 0 Å². The first-order valence-electron chi connectivity index (χ1n) is 6.71. The van der Waals surface area contributed by atoms with Crippen molar-refractivity contribution in [2.75, 3.05) is 13.7 Å². The van der Waals surface area contributed by atoms with Gasteiger partial charge in [0.25, 0.3) is 0 Å². The Morgan fingerprint density at radius 3 is 2.77 bits per heavy atom. The Bertz CT molecular complexity index is 516. The summed E-state index contributed by atoms with van der Waals surface area (Å²) < 4.78 is 47.8. The van der Waals surface area contributed by atoms with Crippen LogP contribution in [0.2, 0.25) is 0 Å². The molecule has 1 unspecified atom stereocenters. The summed E-state index contributed by atoms with van der Waals surface area (Å²) in [6.45, 7) is 5.61. The smallest absolute Gasteiger partial charge is 0.433 e. The molecule has 0 bridgehead atoms. The maximum Gasteiger partial charge on any atom is 0.433 e. The summed E-state index contributed by atoms with van der Waals surface area (Å²) in [4.78, 5) is 7.00. The molecule has 0 aliphatic heterocycles. The lowest BCUT2D eigenvalue weighted by Crippen LogP contribution is -2.10. The van der Waals surface area contributed by atoms with Crippen LogP contribution in [0, 0.1) is 0 Å². The van der Waals surface area contributed by atoms with Gasteiger partial charge in [0.15, 0.2) is 5.69 Å². The van der Waals surface area contributed by atoms with E-state index in [4.69, 9.17) is 9.47 Å². The number of alkyl halides is 3. The fraction of sp³-hybridized carbons (Fsp3) is 0.467. The SMILES string of the molecule is C=CC(CC/C=C(/C)COc1nccc(C(F)(F)F)n1)OC. The number of aromatic nitrogens is 2. The van der Waals surface area contributed by atoms with Gasteiger partial charge in [0.05, 0.1) is 6.10 Å². The van der Waals surface area contributed by atoms with E-state index in [0.29, 0.717) is 0 Å². The standard InChI is InChI=1S/C15H19F3N2O2/c1-4-12(21-3)7-5-6-11(2)10-22-14-19-9-8-13(20-14)15(16,17)18/h4,6,8-9,12H,1,5,7,10H2,2-3H3/b11-6-. The summed E-state index contributed by atoms with van der Waals surface area (Å²) in [5.74, 6) is 0. The first kappa shape index (κ1) is 18.2. The Balaban J connectivity index is 2.50. The third kappa shape index (κ3) is 6.26. The van der Waals surface area contributed by atoms with Crippen LogP contribution in [0.15, 0.2) is 36.6 Å². The van der Waals surface area contributed by atoms with Crippen LogP contribution in [-0.4, -0.2) is 29.8 Å². The average Bonchev–Trinajstić information content (AvgIpc) is 2.49. The monoisotopic (exact) mass is 316 g/mol. The number of nitrogens with zero attached hydrogens (tertiary/aromatic N) is 2. The van der Waals surface area contributed by atoms with Gasteiger partial charge in [0.2, 0.25) is 0 Å². The van der Waals surface area contributed by atoms with Crippen LogP contribution in [0.3, 0.4) is 0 Å². The highest BCUT2D eigenvalue weighted by Gasteiger charge is 2.32. The normalized spacial score (nSPS) is 13.8. The quantitative estimate of drug-likeness (QED) is 0.684. The van der Waals surface area contributed by atoms with Gasteiger partial charge in [-0.1, -0.05) is 12.2 Å². The van der Waals surface area contributed by atoms with Gasteiger partial charge in [-0.2, -0.15) is 18.2 Å². The molecule has 0 fully saturated rings. The largest absolute Gasteiger partial charge is 0.459 e. The minimum Gasteiger partial charge on any atom is -0.459 e. The molecule has 0 saturated heterocycles. The summed E-state index contributed by atoms with van der Waals surface area (Å²) in [6, 6.07) is 0.513. The summed E-state index contributed by atoms with van der Waals surface area (Å²) in [6.07, 6.45) is 1.68. The number of allylic oxidation sites excluding steroid dienone is 1. The van der Waals surface area contributed by atoms with Crippen molar-refractivity contribution in [3.05, 3.63) is 42.3 Å². The molecule has 0 aromatic carbocycles. The van der Waals surface area contributed by atoms with Gasteiger partial charge >= 0.3 is 12.2 Å². The van der Waals surface area contributed by atoms with Crippen molar-refractivity contribution >= 4 is 0 Å².